The highest BCUT2D eigenvalue weighted by Gasteiger charge is 2.56. The molecule has 3 heteroatoms. The lowest BCUT2D eigenvalue weighted by atomic mass is 9.52. The van der Waals surface area contributed by atoms with E-state index in [9.17, 15) is 15.0 Å². The number of hydrogen-bond acceptors (Lipinski definition) is 3. The minimum atomic E-state index is -1.58. The fourth-order valence-electron chi connectivity index (χ4n) is 6.11. The zero-order chi connectivity index (χ0) is 14.8. The fourth-order valence-corrected chi connectivity index (χ4v) is 6.11. The Bertz CT molecular complexity index is 507. The SMILES string of the molecule is C[C@]12CC[C@H]3[C@@H](CCC4=CC(O)(O)CC[C@@H]43)[C@@H]1CCC2=O. The Morgan fingerprint density at radius 3 is 2.67 bits per heavy atom. The molecule has 116 valence electrons. The number of aliphatic hydroxyl groups is 2. The van der Waals surface area contributed by atoms with E-state index in [1.807, 2.05) is 0 Å². The minimum absolute atomic E-state index is 0.0469. The van der Waals surface area contributed by atoms with Gasteiger partial charge in [0.15, 0.2) is 5.79 Å². The van der Waals surface area contributed by atoms with E-state index in [0.717, 1.165) is 44.9 Å². The summed E-state index contributed by atoms with van der Waals surface area (Å²) in [5.41, 5.74) is 1.23. The van der Waals surface area contributed by atoms with E-state index in [4.69, 9.17) is 0 Å². The molecule has 0 spiro atoms. The number of ketones is 1. The molecule has 2 N–H and O–H groups in total. The average molecular weight is 290 g/mol. The predicted molar refractivity (Wildman–Crippen MR) is 79.3 cm³/mol. The molecule has 3 fully saturated rings. The van der Waals surface area contributed by atoms with Crippen LogP contribution in [0.4, 0.5) is 0 Å². The Labute approximate surface area is 126 Å². The monoisotopic (exact) mass is 290 g/mol. The molecule has 0 aliphatic heterocycles. The summed E-state index contributed by atoms with van der Waals surface area (Å²) in [6.07, 6.45) is 9.29. The Hall–Kier alpha value is -0.670. The maximum atomic E-state index is 12.3. The van der Waals surface area contributed by atoms with Crippen molar-refractivity contribution in [1.82, 2.24) is 0 Å². The molecule has 3 saturated carbocycles. The van der Waals surface area contributed by atoms with Crippen LogP contribution in [0.25, 0.3) is 0 Å². The van der Waals surface area contributed by atoms with Crippen molar-refractivity contribution >= 4 is 5.78 Å². The predicted octanol–water partition coefficient (Wildman–Crippen LogP) is 2.81. The first-order valence-corrected chi connectivity index (χ1v) is 8.60. The first-order chi connectivity index (χ1) is 9.91. The van der Waals surface area contributed by atoms with E-state index >= 15 is 0 Å². The lowest BCUT2D eigenvalue weighted by molar-refractivity contribution is -0.138. The quantitative estimate of drug-likeness (QED) is 0.533. The molecular weight excluding hydrogens is 264 g/mol. The van der Waals surface area contributed by atoms with Crippen molar-refractivity contribution in [3.63, 3.8) is 0 Å². The third-order valence-electron chi connectivity index (χ3n) is 7.20. The smallest absolute Gasteiger partial charge is 0.182 e. The second-order valence-electron chi connectivity index (χ2n) is 8.13. The van der Waals surface area contributed by atoms with Crippen molar-refractivity contribution in [1.29, 1.82) is 0 Å². The molecule has 0 aromatic heterocycles. The zero-order valence-electron chi connectivity index (χ0n) is 12.8. The summed E-state index contributed by atoms with van der Waals surface area (Å²) in [6.45, 7) is 2.21. The van der Waals surface area contributed by atoms with Gasteiger partial charge in [-0.15, -0.1) is 0 Å². The molecule has 0 bridgehead atoms. The van der Waals surface area contributed by atoms with Crippen LogP contribution in [-0.4, -0.2) is 21.8 Å². The highest BCUT2D eigenvalue weighted by molar-refractivity contribution is 5.87. The Kier molecular flexibility index (Phi) is 2.94. The van der Waals surface area contributed by atoms with E-state index in [0.29, 0.717) is 35.9 Å². The largest absolute Gasteiger partial charge is 0.362 e. The summed E-state index contributed by atoms with van der Waals surface area (Å²) < 4.78 is 0. The van der Waals surface area contributed by atoms with E-state index in [2.05, 4.69) is 6.92 Å². The molecule has 0 saturated heterocycles. The highest BCUT2D eigenvalue weighted by Crippen LogP contribution is 2.60. The van der Waals surface area contributed by atoms with Crippen molar-refractivity contribution < 1.29 is 15.0 Å². The Morgan fingerprint density at radius 1 is 1.05 bits per heavy atom. The number of carbonyl (C=O) groups is 1. The van der Waals surface area contributed by atoms with E-state index in [1.54, 1.807) is 6.08 Å². The Balaban J connectivity index is 1.63. The van der Waals surface area contributed by atoms with Gasteiger partial charge in [0, 0.05) is 18.3 Å². The van der Waals surface area contributed by atoms with Gasteiger partial charge >= 0.3 is 0 Å². The summed E-state index contributed by atoms with van der Waals surface area (Å²) >= 11 is 0. The van der Waals surface area contributed by atoms with Gasteiger partial charge in [0.25, 0.3) is 0 Å². The molecule has 0 heterocycles. The van der Waals surface area contributed by atoms with E-state index in [-0.39, 0.29) is 5.41 Å². The van der Waals surface area contributed by atoms with Gasteiger partial charge in [-0.25, -0.2) is 0 Å². The van der Waals surface area contributed by atoms with Gasteiger partial charge in [0.2, 0.25) is 0 Å². The molecule has 5 atom stereocenters. The van der Waals surface area contributed by atoms with Crippen LogP contribution in [0.15, 0.2) is 11.6 Å². The fraction of sp³-hybridized carbons (Fsp3) is 0.833. The normalized spacial score (nSPS) is 48.1. The van der Waals surface area contributed by atoms with Crippen LogP contribution in [0.5, 0.6) is 0 Å². The molecule has 4 aliphatic carbocycles. The molecule has 21 heavy (non-hydrogen) atoms. The first-order valence-electron chi connectivity index (χ1n) is 8.60. The molecule has 3 nitrogen and oxygen atoms in total. The lowest BCUT2D eigenvalue weighted by Crippen LogP contribution is -2.47. The summed E-state index contributed by atoms with van der Waals surface area (Å²) in [5, 5.41) is 19.7. The highest BCUT2D eigenvalue weighted by atomic mass is 16.5. The summed E-state index contributed by atoms with van der Waals surface area (Å²) in [7, 11) is 0. The van der Waals surface area contributed by atoms with Gasteiger partial charge in [-0.3, -0.25) is 4.79 Å². The van der Waals surface area contributed by atoms with Crippen molar-refractivity contribution in [2.45, 2.75) is 64.1 Å². The number of allylic oxidation sites excluding steroid dienone is 1. The van der Waals surface area contributed by atoms with Gasteiger partial charge in [-0.05, 0) is 68.3 Å². The van der Waals surface area contributed by atoms with Gasteiger partial charge in [-0.1, -0.05) is 12.5 Å². The number of rotatable bonds is 0. The molecule has 4 rings (SSSR count). The lowest BCUT2D eigenvalue weighted by Gasteiger charge is -2.52. The Morgan fingerprint density at radius 2 is 1.86 bits per heavy atom. The van der Waals surface area contributed by atoms with Gasteiger partial charge in [0.05, 0.1) is 0 Å². The summed E-state index contributed by atoms with van der Waals surface area (Å²) in [5.74, 6) is 1.40. The number of hydrogen-bond donors (Lipinski definition) is 2. The van der Waals surface area contributed by atoms with E-state index < -0.39 is 5.79 Å². The van der Waals surface area contributed by atoms with Crippen LogP contribution >= 0.6 is 0 Å². The maximum Gasteiger partial charge on any atom is 0.182 e. The van der Waals surface area contributed by atoms with Gasteiger partial charge in [0.1, 0.15) is 5.78 Å². The molecular formula is C18H26O3. The van der Waals surface area contributed by atoms with Crippen molar-refractivity contribution in [3.8, 4) is 0 Å². The standard InChI is InChI=1S/C18H26O3/c1-17-8-6-13-12-7-9-18(20,21)10-11(12)2-3-14(13)15(17)4-5-16(17)19/h10,12-15,20-21H,2-9H2,1H3/t12-,13+,14+,15-,17-/m0/s1. The van der Waals surface area contributed by atoms with Gasteiger partial charge in [-0.2, -0.15) is 0 Å². The summed E-state index contributed by atoms with van der Waals surface area (Å²) in [4.78, 5) is 12.3. The summed E-state index contributed by atoms with van der Waals surface area (Å²) in [6, 6.07) is 0. The number of fused-ring (bicyclic) bond motifs is 5. The van der Waals surface area contributed by atoms with Crippen LogP contribution in [-0.2, 0) is 4.79 Å². The topological polar surface area (TPSA) is 57.5 Å². The van der Waals surface area contributed by atoms with Crippen molar-refractivity contribution in [3.05, 3.63) is 11.6 Å². The number of Topliss-reactive ketones (excluding diaryl/α,β-unsaturated/α-hetero) is 1. The first kappa shape index (κ1) is 14.0. The molecule has 0 aromatic carbocycles. The van der Waals surface area contributed by atoms with Gasteiger partial charge < -0.3 is 10.2 Å². The third kappa shape index (κ3) is 1.97. The van der Waals surface area contributed by atoms with Crippen LogP contribution < -0.4 is 0 Å². The van der Waals surface area contributed by atoms with Crippen LogP contribution in [0.2, 0.25) is 0 Å². The van der Waals surface area contributed by atoms with Crippen LogP contribution in [0, 0.1) is 29.1 Å². The second-order valence-corrected chi connectivity index (χ2v) is 8.13. The zero-order valence-corrected chi connectivity index (χ0v) is 12.8. The van der Waals surface area contributed by atoms with Crippen LogP contribution in [0.1, 0.15) is 58.3 Å². The van der Waals surface area contributed by atoms with E-state index in [1.165, 1.54) is 5.57 Å². The second kappa shape index (κ2) is 4.42. The van der Waals surface area contributed by atoms with Crippen LogP contribution in [0.3, 0.4) is 0 Å². The molecule has 0 unspecified atom stereocenters. The molecule has 0 amide bonds. The third-order valence-corrected chi connectivity index (χ3v) is 7.20. The maximum absolute atomic E-state index is 12.3. The van der Waals surface area contributed by atoms with Crippen molar-refractivity contribution in [2.75, 3.05) is 0 Å². The minimum Gasteiger partial charge on any atom is -0.362 e. The molecule has 4 aliphatic rings. The molecule has 0 aromatic rings. The average Bonchev–Trinajstić information content (AvgIpc) is 2.73. The molecule has 0 radical (unpaired) electrons. The van der Waals surface area contributed by atoms with Crippen molar-refractivity contribution in [2.24, 2.45) is 29.1 Å². The number of carbonyl (C=O) groups excluding carboxylic acids is 1.